The van der Waals surface area contributed by atoms with Crippen LogP contribution in [0, 0.1) is 6.92 Å². The molecule has 0 N–H and O–H groups in total. The zero-order valence-corrected chi connectivity index (χ0v) is 8.41. The van der Waals surface area contributed by atoms with E-state index < -0.39 is 0 Å². The van der Waals surface area contributed by atoms with Gasteiger partial charge in [0.1, 0.15) is 6.10 Å². The SMILES string of the molecule is Cc1sc(Cl)nc1C1CCCO1. The van der Waals surface area contributed by atoms with Crippen LogP contribution in [0.4, 0.5) is 0 Å². The highest BCUT2D eigenvalue weighted by Gasteiger charge is 2.22. The van der Waals surface area contributed by atoms with Gasteiger partial charge in [0.05, 0.1) is 5.69 Å². The van der Waals surface area contributed by atoms with Gasteiger partial charge < -0.3 is 4.74 Å². The minimum atomic E-state index is 0.203. The molecule has 0 radical (unpaired) electrons. The smallest absolute Gasteiger partial charge is 0.184 e. The molecular weight excluding hydrogens is 194 g/mol. The molecular formula is C8H10ClNOS. The van der Waals surface area contributed by atoms with E-state index in [1.165, 1.54) is 16.2 Å². The molecule has 12 heavy (non-hydrogen) atoms. The second kappa shape index (κ2) is 3.32. The Morgan fingerprint density at radius 1 is 1.67 bits per heavy atom. The Labute approximate surface area is 80.5 Å². The van der Waals surface area contributed by atoms with Crippen LogP contribution in [0.25, 0.3) is 0 Å². The molecule has 2 nitrogen and oxygen atoms in total. The van der Waals surface area contributed by atoms with Crippen LogP contribution in [0.2, 0.25) is 4.47 Å². The van der Waals surface area contributed by atoms with Crippen molar-refractivity contribution >= 4 is 22.9 Å². The molecule has 0 aliphatic carbocycles. The summed E-state index contributed by atoms with van der Waals surface area (Å²) in [6.07, 6.45) is 2.42. The Morgan fingerprint density at radius 2 is 2.50 bits per heavy atom. The topological polar surface area (TPSA) is 22.1 Å². The quantitative estimate of drug-likeness (QED) is 0.700. The molecule has 2 rings (SSSR count). The Hall–Kier alpha value is -0.120. The fourth-order valence-electron chi connectivity index (χ4n) is 1.47. The highest BCUT2D eigenvalue weighted by molar-refractivity contribution is 7.15. The summed E-state index contributed by atoms with van der Waals surface area (Å²) >= 11 is 7.33. The second-order valence-electron chi connectivity index (χ2n) is 2.91. The first kappa shape index (κ1) is 8.48. The lowest BCUT2D eigenvalue weighted by Crippen LogP contribution is -1.97. The molecule has 1 aliphatic heterocycles. The Balaban J connectivity index is 2.25. The van der Waals surface area contributed by atoms with Crippen LogP contribution in [-0.4, -0.2) is 11.6 Å². The maximum Gasteiger partial charge on any atom is 0.184 e. The zero-order chi connectivity index (χ0) is 8.55. The van der Waals surface area contributed by atoms with E-state index in [0.717, 1.165) is 25.1 Å². The van der Waals surface area contributed by atoms with Gasteiger partial charge in [-0.3, -0.25) is 0 Å². The van der Waals surface area contributed by atoms with E-state index in [1.807, 2.05) is 6.92 Å². The highest BCUT2D eigenvalue weighted by atomic mass is 35.5. The Bertz CT molecular complexity index is 281. The molecule has 0 amide bonds. The first-order valence-electron chi connectivity index (χ1n) is 4.02. The number of ether oxygens (including phenoxy) is 1. The molecule has 4 heteroatoms. The van der Waals surface area contributed by atoms with E-state index in [1.54, 1.807) is 0 Å². The number of aryl methyl sites for hydroxylation is 1. The normalized spacial score (nSPS) is 23.3. The lowest BCUT2D eigenvalue weighted by atomic mass is 10.2. The van der Waals surface area contributed by atoms with E-state index in [0.29, 0.717) is 4.47 Å². The molecule has 1 saturated heterocycles. The Morgan fingerprint density at radius 3 is 3.00 bits per heavy atom. The van der Waals surface area contributed by atoms with Gasteiger partial charge in [-0.05, 0) is 19.8 Å². The van der Waals surface area contributed by atoms with Crippen LogP contribution in [0.5, 0.6) is 0 Å². The van der Waals surface area contributed by atoms with Crippen LogP contribution >= 0.6 is 22.9 Å². The predicted octanol–water partition coefficient (Wildman–Crippen LogP) is 2.96. The molecule has 0 spiro atoms. The van der Waals surface area contributed by atoms with Crippen molar-refractivity contribution in [2.45, 2.75) is 25.9 Å². The first-order valence-corrected chi connectivity index (χ1v) is 5.21. The van der Waals surface area contributed by atoms with Crippen molar-refractivity contribution in [1.82, 2.24) is 4.98 Å². The monoisotopic (exact) mass is 203 g/mol. The summed E-state index contributed by atoms with van der Waals surface area (Å²) in [6, 6.07) is 0. The summed E-state index contributed by atoms with van der Waals surface area (Å²) < 4.78 is 6.14. The van der Waals surface area contributed by atoms with Gasteiger partial charge in [-0.1, -0.05) is 11.6 Å². The van der Waals surface area contributed by atoms with Crippen LogP contribution < -0.4 is 0 Å². The van der Waals surface area contributed by atoms with Gasteiger partial charge in [-0.15, -0.1) is 11.3 Å². The van der Waals surface area contributed by atoms with Crippen molar-refractivity contribution in [2.24, 2.45) is 0 Å². The number of hydrogen-bond donors (Lipinski definition) is 0. The maximum absolute atomic E-state index is 5.80. The van der Waals surface area contributed by atoms with Crippen LogP contribution in [0.15, 0.2) is 0 Å². The number of nitrogens with zero attached hydrogens (tertiary/aromatic N) is 1. The van der Waals surface area contributed by atoms with Crippen molar-refractivity contribution < 1.29 is 4.74 Å². The fraction of sp³-hybridized carbons (Fsp3) is 0.625. The molecule has 1 fully saturated rings. The lowest BCUT2D eigenvalue weighted by molar-refractivity contribution is 0.108. The number of halogens is 1. The number of rotatable bonds is 1. The summed E-state index contributed by atoms with van der Waals surface area (Å²) in [5, 5.41) is 0. The second-order valence-corrected chi connectivity index (χ2v) is 4.70. The summed E-state index contributed by atoms with van der Waals surface area (Å²) in [6.45, 7) is 2.90. The summed E-state index contributed by atoms with van der Waals surface area (Å²) in [5.41, 5.74) is 1.04. The first-order chi connectivity index (χ1) is 5.77. The van der Waals surface area contributed by atoms with Crippen molar-refractivity contribution in [2.75, 3.05) is 6.61 Å². The summed E-state index contributed by atoms with van der Waals surface area (Å²) in [5.74, 6) is 0. The van der Waals surface area contributed by atoms with Crippen molar-refractivity contribution in [3.8, 4) is 0 Å². The van der Waals surface area contributed by atoms with E-state index in [2.05, 4.69) is 4.98 Å². The molecule has 1 unspecified atom stereocenters. The molecule has 1 aliphatic rings. The maximum atomic E-state index is 5.80. The van der Waals surface area contributed by atoms with Gasteiger partial charge in [0, 0.05) is 11.5 Å². The molecule has 2 heterocycles. The minimum Gasteiger partial charge on any atom is -0.372 e. The van der Waals surface area contributed by atoms with Crippen molar-refractivity contribution in [1.29, 1.82) is 0 Å². The van der Waals surface area contributed by atoms with E-state index in [-0.39, 0.29) is 6.10 Å². The molecule has 0 bridgehead atoms. The van der Waals surface area contributed by atoms with Crippen LogP contribution in [0.1, 0.15) is 29.5 Å². The lowest BCUT2D eigenvalue weighted by Gasteiger charge is -2.05. The van der Waals surface area contributed by atoms with Gasteiger partial charge in [-0.2, -0.15) is 0 Å². The largest absolute Gasteiger partial charge is 0.372 e. The average molecular weight is 204 g/mol. The third kappa shape index (κ3) is 1.49. The van der Waals surface area contributed by atoms with Gasteiger partial charge in [-0.25, -0.2) is 4.98 Å². The van der Waals surface area contributed by atoms with Crippen molar-refractivity contribution in [3.05, 3.63) is 15.0 Å². The minimum absolute atomic E-state index is 0.203. The molecule has 0 aromatic carbocycles. The third-order valence-corrected chi connectivity index (χ3v) is 3.13. The van der Waals surface area contributed by atoms with Crippen LogP contribution in [-0.2, 0) is 4.74 Å². The zero-order valence-electron chi connectivity index (χ0n) is 6.84. The fourth-order valence-corrected chi connectivity index (χ4v) is 2.58. The van der Waals surface area contributed by atoms with E-state index >= 15 is 0 Å². The molecule has 1 atom stereocenters. The predicted molar refractivity (Wildman–Crippen MR) is 49.8 cm³/mol. The molecule has 1 aromatic rings. The standard InChI is InChI=1S/C8H10ClNOS/c1-5-7(10-8(9)12-5)6-3-2-4-11-6/h6H,2-4H2,1H3. The molecule has 1 aromatic heterocycles. The van der Waals surface area contributed by atoms with Crippen LogP contribution in [0.3, 0.4) is 0 Å². The molecule has 66 valence electrons. The van der Waals surface area contributed by atoms with Gasteiger partial charge in [0.2, 0.25) is 0 Å². The Kier molecular flexibility index (Phi) is 2.35. The van der Waals surface area contributed by atoms with E-state index in [9.17, 15) is 0 Å². The number of hydrogen-bond acceptors (Lipinski definition) is 3. The third-order valence-electron chi connectivity index (χ3n) is 2.04. The highest BCUT2D eigenvalue weighted by Crippen LogP contribution is 2.33. The van der Waals surface area contributed by atoms with Gasteiger partial charge >= 0.3 is 0 Å². The number of aromatic nitrogens is 1. The summed E-state index contributed by atoms with van der Waals surface area (Å²) in [4.78, 5) is 5.44. The number of thiazole rings is 1. The van der Waals surface area contributed by atoms with Crippen molar-refractivity contribution in [3.63, 3.8) is 0 Å². The summed E-state index contributed by atoms with van der Waals surface area (Å²) in [7, 11) is 0. The van der Waals surface area contributed by atoms with Gasteiger partial charge in [0.15, 0.2) is 4.47 Å². The van der Waals surface area contributed by atoms with E-state index in [4.69, 9.17) is 16.3 Å². The molecule has 0 saturated carbocycles. The average Bonchev–Trinajstić information content (AvgIpc) is 2.58. The van der Waals surface area contributed by atoms with Gasteiger partial charge in [0.25, 0.3) is 0 Å².